The highest BCUT2D eigenvalue weighted by Gasteiger charge is 2.33. The number of hydrogen-bond acceptors (Lipinski definition) is 6. The quantitative estimate of drug-likeness (QED) is 0.379. The number of rotatable bonds is 5. The predicted octanol–water partition coefficient (Wildman–Crippen LogP) is 4.95. The minimum absolute atomic E-state index is 0.0253. The molecule has 0 unspecified atom stereocenters. The molecule has 8 heteroatoms. The van der Waals surface area contributed by atoms with Gasteiger partial charge in [-0.1, -0.05) is 36.4 Å². The molecule has 0 aliphatic carbocycles. The molecule has 1 aliphatic rings. The summed E-state index contributed by atoms with van der Waals surface area (Å²) in [5.74, 6) is -0.0356. The van der Waals surface area contributed by atoms with Gasteiger partial charge in [-0.15, -0.1) is 0 Å². The maximum Gasteiger partial charge on any atom is 0.236 e. The van der Waals surface area contributed by atoms with Gasteiger partial charge in [0.05, 0.1) is 4.90 Å². The van der Waals surface area contributed by atoms with Crippen LogP contribution >= 0.6 is 0 Å². The van der Waals surface area contributed by atoms with E-state index in [1.165, 1.54) is 12.1 Å². The van der Waals surface area contributed by atoms with Crippen molar-refractivity contribution in [3.63, 3.8) is 0 Å². The molecule has 34 heavy (non-hydrogen) atoms. The molecular weight excluding hydrogens is 453 g/mol. The molecule has 1 aromatic heterocycles. The molecule has 0 saturated carbocycles. The maximum atomic E-state index is 13.5. The van der Waals surface area contributed by atoms with Crippen molar-refractivity contribution < 1.29 is 17.2 Å². The van der Waals surface area contributed by atoms with Crippen molar-refractivity contribution in [2.24, 2.45) is 0 Å². The van der Waals surface area contributed by atoms with Gasteiger partial charge in [0.15, 0.2) is 0 Å². The molecular formula is C26H24FN3O3S. The maximum absolute atomic E-state index is 13.5. The Kier molecular flexibility index (Phi) is 5.83. The topological polar surface area (TPSA) is 66.7 Å². The zero-order chi connectivity index (χ0) is 23.7. The molecule has 0 bridgehead atoms. The van der Waals surface area contributed by atoms with Crippen LogP contribution < -0.4 is 9.80 Å². The number of nitrogens with zero attached hydrogens (tertiary/aromatic N) is 3. The highest BCUT2D eigenvalue weighted by atomic mass is 32.2. The highest BCUT2D eigenvalue weighted by molar-refractivity contribution is 7.91. The molecule has 0 atom stereocenters. The number of benzene rings is 3. The van der Waals surface area contributed by atoms with Crippen molar-refractivity contribution in [2.45, 2.75) is 16.8 Å². The second-order valence-electron chi connectivity index (χ2n) is 8.21. The van der Waals surface area contributed by atoms with Crippen molar-refractivity contribution in [2.75, 3.05) is 36.0 Å². The number of aromatic nitrogens is 1. The zero-order valence-corrected chi connectivity index (χ0v) is 19.5. The summed E-state index contributed by atoms with van der Waals surface area (Å²) in [6.07, 6.45) is 0. The van der Waals surface area contributed by atoms with Gasteiger partial charge in [0.1, 0.15) is 5.82 Å². The van der Waals surface area contributed by atoms with Gasteiger partial charge in [-0.2, -0.15) is 4.98 Å². The van der Waals surface area contributed by atoms with E-state index in [2.05, 4.69) is 22.0 Å². The lowest BCUT2D eigenvalue weighted by molar-refractivity contribution is 0.525. The lowest BCUT2D eigenvalue weighted by atomic mass is 10.1. The second-order valence-corrected chi connectivity index (χ2v) is 10.1. The largest absolute Gasteiger partial charge is 0.419 e. The molecule has 1 fully saturated rings. The van der Waals surface area contributed by atoms with E-state index in [-0.39, 0.29) is 21.7 Å². The van der Waals surface area contributed by atoms with Gasteiger partial charge in [0.25, 0.3) is 0 Å². The van der Waals surface area contributed by atoms with E-state index < -0.39 is 15.7 Å². The lowest BCUT2D eigenvalue weighted by Crippen LogP contribution is -2.46. The van der Waals surface area contributed by atoms with E-state index in [9.17, 15) is 12.8 Å². The Labute approximate surface area is 198 Å². The van der Waals surface area contributed by atoms with Gasteiger partial charge >= 0.3 is 0 Å². The number of halogens is 1. The van der Waals surface area contributed by atoms with Crippen LogP contribution in [0.25, 0.3) is 11.5 Å². The third kappa shape index (κ3) is 4.17. The number of sulfone groups is 1. The molecule has 0 radical (unpaired) electrons. The first-order chi connectivity index (χ1) is 16.4. The number of oxazole rings is 1. The molecule has 6 nitrogen and oxygen atoms in total. The average Bonchev–Trinajstić information content (AvgIpc) is 3.31. The first-order valence-electron chi connectivity index (χ1n) is 11.1. The summed E-state index contributed by atoms with van der Waals surface area (Å²) in [5.41, 5.74) is 2.78. The predicted molar refractivity (Wildman–Crippen MR) is 129 cm³/mol. The van der Waals surface area contributed by atoms with Crippen molar-refractivity contribution in [1.29, 1.82) is 0 Å². The normalized spacial score (nSPS) is 14.4. The Balaban J connectivity index is 1.53. The average molecular weight is 478 g/mol. The van der Waals surface area contributed by atoms with Crippen LogP contribution in [0.4, 0.5) is 16.0 Å². The molecule has 2 heterocycles. The van der Waals surface area contributed by atoms with Crippen LogP contribution in [0.5, 0.6) is 0 Å². The van der Waals surface area contributed by atoms with Crippen LogP contribution in [0.2, 0.25) is 0 Å². The summed E-state index contributed by atoms with van der Waals surface area (Å²) in [7, 11) is -4.03. The van der Waals surface area contributed by atoms with Gasteiger partial charge < -0.3 is 14.2 Å². The monoisotopic (exact) mass is 477 g/mol. The summed E-state index contributed by atoms with van der Waals surface area (Å²) in [5, 5.41) is -0.148. The molecule has 1 saturated heterocycles. The Hall–Kier alpha value is -3.65. The molecule has 174 valence electrons. The molecule has 3 aromatic carbocycles. The Morgan fingerprint density at radius 1 is 0.824 bits per heavy atom. The minimum Gasteiger partial charge on any atom is -0.419 e. The number of anilines is 2. The highest BCUT2D eigenvalue weighted by Crippen LogP contribution is 2.36. The van der Waals surface area contributed by atoms with E-state index >= 15 is 0 Å². The van der Waals surface area contributed by atoms with Crippen LogP contribution in [0.3, 0.4) is 0 Å². The molecule has 0 N–H and O–H groups in total. The van der Waals surface area contributed by atoms with Gasteiger partial charge in [0, 0.05) is 37.4 Å². The van der Waals surface area contributed by atoms with E-state index in [1.54, 1.807) is 0 Å². The first kappa shape index (κ1) is 22.2. The van der Waals surface area contributed by atoms with Crippen molar-refractivity contribution in [3.05, 3.63) is 90.2 Å². The fraction of sp³-hybridized carbons (Fsp3) is 0.192. The molecule has 5 rings (SSSR count). The number of para-hydroxylation sites is 1. The number of aryl methyl sites for hydroxylation is 1. The fourth-order valence-electron chi connectivity index (χ4n) is 4.13. The third-order valence-corrected chi connectivity index (χ3v) is 7.69. The lowest BCUT2D eigenvalue weighted by Gasteiger charge is -2.36. The molecule has 1 aliphatic heterocycles. The first-order valence-corrected chi connectivity index (χ1v) is 12.5. The molecule has 0 amide bonds. The number of hydrogen-bond donors (Lipinski definition) is 0. The fourth-order valence-corrected chi connectivity index (χ4v) is 5.45. The number of piperazine rings is 1. The van der Waals surface area contributed by atoms with Gasteiger partial charge in [-0.25, -0.2) is 12.8 Å². The summed E-state index contributed by atoms with van der Waals surface area (Å²) in [4.78, 5) is 8.61. The Bertz CT molecular complexity index is 1390. The van der Waals surface area contributed by atoms with E-state index in [4.69, 9.17) is 4.42 Å². The SMILES string of the molecule is Cc1ccccc1-c1nc(S(=O)(=O)c2ccc(F)cc2)c(N2CCN(c3ccccc3)CC2)o1. The van der Waals surface area contributed by atoms with Gasteiger partial charge in [-0.05, 0) is 55.0 Å². The third-order valence-electron chi connectivity index (χ3n) is 6.02. The smallest absolute Gasteiger partial charge is 0.236 e. The van der Waals surface area contributed by atoms with Crippen molar-refractivity contribution >= 4 is 21.4 Å². The van der Waals surface area contributed by atoms with E-state index in [0.717, 1.165) is 28.9 Å². The summed E-state index contributed by atoms with van der Waals surface area (Å²) < 4.78 is 46.7. The molecule has 0 spiro atoms. The summed E-state index contributed by atoms with van der Waals surface area (Å²) in [6, 6.07) is 22.4. The van der Waals surface area contributed by atoms with Crippen LogP contribution in [-0.4, -0.2) is 39.6 Å². The van der Waals surface area contributed by atoms with Crippen molar-refractivity contribution in [3.8, 4) is 11.5 Å². The standard InChI is InChI=1S/C26H24FN3O3S/c1-19-7-5-6-10-23(19)24-28-25(34(31,32)22-13-11-20(27)12-14-22)26(33-24)30-17-15-29(16-18-30)21-8-3-2-4-9-21/h2-14H,15-18H2,1H3. The van der Waals surface area contributed by atoms with Crippen molar-refractivity contribution in [1.82, 2.24) is 4.98 Å². The summed E-state index contributed by atoms with van der Waals surface area (Å²) >= 11 is 0. The van der Waals surface area contributed by atoms with Gasteiger partial charge in [0.2, 0.25) is 26.6 Å². The minimum atomic E-state index is -4.03. The summed E-state index contributed by atoms with van der Waals surface area (Å²) in [6.45, 7) is 4.49. The van der Waals surface area contributed by atoms with Crippen LogP contribution in [0.1, 0.15) is 5.56 Å². The van der Waals surface area contributed by atoms with Crippen LogP contribution in [0.15, 0.2) is 93.2 Å². The Morgan fingerprint density at radius 2 is 1.44 bits per heavy atom. The van der Waals surface area contributed by atoms with Crippen LogP contribution in [-0.2, 0) is 9.84 Å². The second kappa shape index (κ2) is 8.95. The van der Waals surface area contributed by atoms with Gasteiger partial charge in [-0.3, -0.25) is 0 Å². The Morgan fingerprint density at radius 3 is 2.12 bits per heavy atom. The van der Waals surface area contributed by atoms with E-state index in [1.807, 2.05) is 54.3 Å². The zero-order valence-electron chi connectivity index (χ0n) is 18.7. The van der Waals surface area contributed by atoms with Crippen LogP contribution in [0, 0.1) is 12.7 Å². The molecule has 4 aromatic rings. The van der Waals surface area contributed by atoms with E-state index in [0.29, 0.717) is 26.2 Å².